The van der Waals surface area contributed by atoms with Crippen molar-refractivity contribution < 1.29 is 4.74 Å². The highest BCUT2D eigenvalue weighted by atomic mass is 16.5. The lowest BCUT2D eigenvalue weighted by Gasteiger charge is -2.26. The van der Waals surface area contributed by atoms with Crippen molar-refractivity contribution in [3.05, 3.63) is 0 Å². The fourth-order valence-corrected chi connectivity index (χ4v) is 1.98. The molecule has 1 N–H and O–H groups in total. The van der Waals surface area contributed by atoms with E-state index in [0.29, 0.717) is 12.1 Å². The lowest BCUT2D eigenvalue weighted by atomic mass is 10.0. The van der Waals surface area contributed by atoms with E-state index < -0.39 is 0 Å². The first-order chi connectivity index (χ1) is 8.43. The van der Waals surface area contributed by atoms with Gasteiger partial charge in [0.1, 0.15) is 0 Å². The van der Waals surface area contributed by atoms with Gasteiger partial charge in [-0.25, -0.2) is 0 Å². The molecule has 0 amide bonds. The number of ether oxygens (including phenoxy) is 1. The summed E-state index contributed by atoms with van der Waals surface area (Å²) in [4.78, 5) is 2.44. The molecule has 0 bridgehead atoms. The minimum absolute atomic E-state index is 0.355. The normalized spacial score (nSPS) is 13.8. The van der Waals surface area contributed by atoms with Crippen LogP contribution in [0.15, 0.2) is 0 Å². The van der Waals surface area contributed by atoms with Gasteiger partial charge in [-0.3, -0.25) is 0 Å². The van der Waals surface area contributed by atoms with Crippen LogP contribution in [0.5, 0.6) is 0 Å². The summed E-state index contributed by atoms with van der Waals surface area (Å²) in [5.41, 5.74) is 0. The van der Waals surface area contributed by atoms with Gasteiger partial charge < -0.3 is 15.0 Å². The molecule has 0 saturated heterocycles. The molecule has 0 spiro atoms. The first kappa shape index (κ1) is 17.9. The van der Waals surface area contributed by atoms with Gasteiger partial charge >= 0.3 is 0 Å². The molecule has 0 aliphatic rings. The molecule has 0 aliphatic heterocycles. The molecular formula is C15H34N2O. The highest BCUT2D eigenvalue weighted by Gasteiger charge is 2.09. The monoisotopic (exact) mass is 258 g/mol. The van der Waals surface area contributed by atoms with E-state index in [1.54, 1.807) is 0 Å². The van der Waals surface area contributed by atoms with Crippen LogP contribution in [-0.2, 0) is 4.74 Å². The Morgan fingerprint density at radius 1 is 1.06 bits per heavy atom. The molecule has 0 aliphatic carbocycles. The minimum atomic E-state index is 0.355. The van der Waals surface area contributed by atoms with E-state index in [4.69, 9.17) is 4.74 Å². The zero-order valence-electron chi connectivity index (χ0n) is 13.3. The smallest absolute Gasteiger partial charge is 0.0518 e. The predicted octanol–water partition coefficient (Wildman–Crippen LogP) is 2.76. The average Bonchev–Trinajstić information content (AvgIpc) is 2.26. The Labute approximate surface area is 114 Å². The molecule has 110 valence electrons. The van der Waals surface area contributed by atoms with Gasteiger partial charge in [0.2, 0.25) is 0 Å². The Hall–Kier alpha value is -0.120. The van der Waals surface area contributed by atoms with Crippen molar-refractivity contribution in [2.75, 3.05) is 33.3 Å². The van der Waals surface area contributed by atoms with Gasteiger partial charge in [0.05, 0.1) is 6.10 Å². The van der Waals surface area contributed by atoms with Crippen LogP contribution in [0, 0.1) is 5.92 Å². The van der Waals surface area contributed by atoms with E-state index in [2.05, 4.69) is 51.9 Å². The molecule has 0 rings (SSSR count). The zero-order chi connectivity index (χ0) is 14.0. The number of hydrogen-bond acceptors (Lipinski definition) is 3. The molecule has 0 aromatic rings. The standard InChI is InChI=1S/C15H34N2O/c1-13(2)12-15(5)17(6)10-9-16-8-7-11-18-14(3)4/h13-16H,7-12H2,1-6H3. The summed E-state index contributed by atoms with van der Waals surface area (Å²) in [6.07, 6.45) is 2.73. The average molecular weight is 258 g/mol. The predicted molar refractivity (Wildman–Crippen MR) is 80.1 cm³/mol. The maximum atomic E-state index is 5.50. The van der Waals surface area contributed by atoms with Gasteiger partial charge in [-0.2, -0.15) is 0 Å². The van der Waals surface area contributed by atoms with Crippen LogP contribution in [0.4, 0.5) is 0 Å². The van der Waals surface area contributed by atoms with Crippen LogP contribution in [0.3, 0.4) is 0 Å². The number of nitrogens with one attached hydrogen (secondary N) is 1. The molecule has 1 unspecified atom stereocenters. The summed E-state index contributed by atoms with van der Waals surface area (Å²) >= 11 is 0. The summed E-state index contributed by atoms with van der Waals surface area (Å²) in [6, 6.07) is 0.677. The molecule has 0 saturated carbocycles. The van der Waals surface area contributed by atoms with Gasteiger partial charge in [0.15, 0.2) is 0 Å². The van der Waals surface area contributed by atoms with Crippen molar-refractivity contribution in [1.82, 2.24) is 10.2 Å². The van der Waals surface area contributed by atoms with Gasteiger partial charge in [-0.05, 0) is 53.1 Å². The first-order valence-corrected chi connectivity index (χ1v) is 7.46. The highest BCUT2D eigenvalue weighted by Crippen LogP contribution is 2.08. The quantitative estimate of drug-likeness (QED) is 0.577. The van der Waals surface area contributed by atoms with Crippen molar-refractivity contribution in [2.45, 2.75) is 59.6 Å². The highest BCUT2D eigenvalue weighted by molar-refractivity contribution is 4.66. The van der Waals surface area contributed by atoms with Crippen LogP contribution in [0.2, 0.25) is 0 Å². The molecule has 0 fully saturated rings. The lowest BCUT2D eigenvalue weighted by Crippen LogP contribution is -2.36. The van der Waals surface area contributed by atoms with Crippen LogP contribution in [0.1, 0.15) is 47.5 Å². The summed E-state index contributed by atoms with van der Waals surface area (Å²) in [5, 5.41) is 3.48. The van der Waals surface area contributed by atoms with Crippen molar-refractivity contribution in [2.24, 2.45) is 5.92 Å². The zero-order valence-corrected chi connectivity index (χ0v) is 13.3. The van der Waals surface area contributed by atoms with E-state index in [-0.39, 0.29) is 0 Å². The van der Waals surface area contributed by atoms with Crippen molar-refractivity contribution in [3.8, 4) is 0 Å². The van der Waals surface area contributed by atoms with E-state index in [1.807, 2.05) is 0 Å². The second kappa shape index (κ2) is 10.8. The lowest BCUT2D eigenvalue weighted by molar-refractivity contribution is 0.0770. The van der Waals surface area contributed by atoms with E-state index in [9.17, 15) is 0 Å². The Morgan fingerprint density at radius 3 is 2.28 bits per heavy atom. The molecule has 18 heavy (non-hydrogen) atoms. The molecule has 0 aromatic heterocycles. The van der Waals surface area contributed by atoms with Crippen molar-refractivity contribution >= 4 is 0 Å². The number of nitrogens with zero attached hydrogens (tertiary/aromatic N) is 1. The molecule has 0 radical (unpaired) electrons. The van der Waals surface area contributed by atoms with Gasteiger partial charge in [-0.1, -0.05) is 13.8 Å². The summed E-state index contributed by atoms with van der Waals surface area (Å²) in [5.74, 6) is 0.781. The van der Waals surface area contributed by atoms with Crippen molar-refractivity contribution in [3.63, 3.8) is 0 Å². The van der Waals surface area contributed by atoms with Gasteiger partial charge in [0.25, 0.3) is 0 Å². The third-order valence-electron chi connectivity index (χ3n) is 3.16. The van der Waals surface area contributed by atoms with Gasteiger partial charge in [-0.15, -0.1) is 0 Å². The Bertz CT molecular complexity index is 183. The third kappa shape index (κ3) is 11.0. The fraction of sp³-hybridized carbons (Fsp3) is 1.00. The Balaban J connectivity index is 3.37. The van der Waals surface area contributed by atoms with Crippen LogP contribution in [0.25, 0.3) is 0 Å². The van der Waals surface area contributed by atoms with Crippen LogP contribution in [-0.4, -0.2) is 50.3 Å². The summed E-state index contributed by atoms with van der Waals surface area (Å²) in [6.45, 7) is 15.2. The van der Waals surface area contributed by atoms with Crippen molar-refractivity contribution in [1.29, 1.82) is 0 Å². The molecule has 0 aromatic carbocycles. The van der Waals surface area contributed by atoms with E-state index in [1.165, 1.54) is 6.42 Å². The van der Waals surface area contributed by atoms with Crippen LogP contribution >= 0.6 is 0 Å². The molecular weight excluding hydrogens is 224 g/mol. The fourth-order valence-electron chi connectivity index (χ4n) is 1.98. The molecule has 1 atom stereocenters. The topological polar surface area (TPSA) is 24.5 Å². The maximum absolute atomic E-state index is 5.50. The molecule has 3 nitrogen and oxygen atoms in total. The maximum Gasteiger partial charge on any atom is 0.0518 e. The summed E-state index contributed by atoms with van der Waals surface area (Å²) in [7, 11) is 2.22. The number of likely N-dealkylation sites (N-methyl/N-ethyl adjacent to an activating group) is 1. The molecule has 3 heteroatoms. The number of hydrogen-bond donors (Lipinski definition) is 1. The largest absolute Gasteiger partial charge is 0.379 e. The Morgan fingerprint density at radius 2 is 1.72 bits per heavy atom. The second-order valence-electron chi connectivity index (χ2n) is 5.98. The minimum Gasteiger partial charge on any atom is -0.379 e. The number of rotatable bonds is 11. The summed E-state index contributed by atoms with van der Waals surface area (Å²) < 4.78 is 5.50. The van der Waals surface area contributed by atoms with Gasteiger partial charge in [0, 0.05) is 25.7 Å². The third-order valence-corrected chi connectivity index (χ3v) is 3.16. The van der Waals surface area contributed by atoms with Crippen LogP contribution < -0.4 is 5.32 Å². The first-order valence-electron chi connectivity index (χ1n) is 7.46. The Kier molecular flexibility index (Phi) is 10.7. The SMILES string of the molecule is CC(C)CC(C)N(C)CCNCCCOC(C)C. The molecule has 0 heterocycles. The van der Waals surface area contributed by atoms with E-state index in [0.717, 1.165) is 38.6 Å². The second-order valence-corrected chi connectivity index (χ2v) is 5.98. The van der Waals surface area contributed by atoms with E-state index >= 15 is 0 Å².